The number of carbonyl (C=O) groups excluding carboxylic acids is 2. The Balaban J connectivity index is 2.14. The van der Waals surface area contributed by atoms with Gasteiger partial charge in [-0.2, -0.15) is 0 Å². The molecule has 0 aliphatic heterocycles. The van der Waals surface area contributed by atoms with Crippen LogP contribution in [0, 0.1) is 6.92 Å². The molecular weight excluding hydrogens is 252 g/mol. The highest BCUT2D eigenvalue weighted by Gasteiger charge is 2.15. The first-order valence-electron chi connectivity index (χ1n) is 6.43. The third kappa shape index (κ3) is 3.51. The molecule has 102 valence electrons. The fraction of sp³-hybridized carbons (Fsp3) is 0.188. The Morgan fingerprint density at radius 1 is 1.15 bits per heavy atom. The van der Waals surface area contributed by atoms with E-state index in [-0.39, 0.29) is 11.8 Å². The first-order valence-corrected chi connectivity index (χ1v) is 6.43. The third-order valence-corrected chi connectivity index (χ3v) is 3.01. The normalized spacial score (nSPS) is 10.1. The molecule has 0 bridgehead atoms. The number of aromatic nitrogens is 1. The van der Waals surface area contributed by atoms with Crippen molar-refractivity contribution in [2.24, 2.45) is 0 Å². The van der Waals surface area contributed by atoms with Crippen molar-refractivity contribution < 1.29 is 14.2 Å². The number of pyridine rings is 1. The summed E-state index contributed by atoms with van der Waals surface area (Å²) in [5, 5.41) is 2.73. The van der Waals surface area contributed by atoms with E-state index >= 15 is 0 Å². The highest BCUT2D eigenvalue weighted by Crippen LogP contribution is 2.15. The predicted molar refractivity (Wildman–Crippen MR) is 76.5 cm³/mol. The number of hydrogen-bond donors (Lipinski definition) is 1. The minimum atomic E-state index is -0.104. The molecule has 20 heavy (non-hydrogen) atoms. The second-order valence-electron chi connectivity index (χ2n) is 4.68. The Morgan fingerprint density at radius 3 is 2.45 bits per heavy atom. The van der Waals surface area contributed by atoms with Gasteiger partial charge in [0.05, 0.1) is 6.42 Å². The summed E-state index contributed by atoms with van der Waals surface area (Å²) in [5.41, 5.74) is 2.69. The van der Waals surface area contributed by atoms with E-state index in [0.29, 0.717) is 6.42 Å². The van der Waals surface area contributed by atoms with E-state index in [1.54, 1.807) is 17.0 Å². The minimum absolute atomic E-state index is 0.0148. The van der Waals surface area contributed by atoms with Gasteiger partial charge in [0.1, 0.15) is 0 Å². The summed E-state index contributed by atoms with van der Waals surface area (Å²) in [6.45, 7) is 3.41. The molecule has 0 fully saturated rings. The van der Waals surface area contributed by atoms with Crippen LogP contribution in [-0.2, 0) is 11.2 Å². The van der Waals surface area contributed by atoms with Crippen molar-refractivity contribution >= 4 is 17.5 Å². The summed E-state index contributed by atoms with van der Waals surface area (Å²) < 4.78 is 1.57. The molecule has 4 nitrogen and oxygen atoms in total. The molecule has 0 atom stereocenters. The monoisotopic (exact) mass is 269 g/mol. The number of carbonyl (C=O) groups is 2. The lowest BCUT2D eigenvalue weighted by atomic mass is 10.0. The van der Waals surface area contributed by atoms with Gasteiger partial charge in [0.2, 0.25) is 5.91 Å². The highest BCUT2D eigenvalue weighted by atomic mass is 16.2. The van der Waals surface area contributed by atoms with Crippen molar-refractivity contribution in [3.05, 3.63) is 59.9 Å². The van der Waals surface area contributed by atoms with E-state index in [1.807, 2.05) is 43.3 Å². The first-order chi connectivity index (χ1) is 9.56. The summed E-state index contributed by atoms with van der Waals surface area (Å²) in [6.07, 6.45) is 3.81. The molecule has 1 aromatic carbocycles. The highest BCUT2D eigenvalue weighted by molar-refractivity contribution is 5.88. The van der Waals surface area contributed by atoms with Crippen LogP contribution in [0.15, 0.2) is 48.8 Å². The predicted octanol–water partition coefficient (Wildman–Crippen LogP) is 2.12. The van der Waals surface area contributed by atoms with Gasteiger partial charge in [-0.05, 0) is 30.2 Å². The van der Waals surface area contributed by atoms with Crippen molar-refractivity contribution in [1.29, 1.82) is 0 Å². The second-order valence-corrected chi connectivity index (χ2v) is 4.68. The zero-order valence-electron chi connectivity index (χ0n) is 11.6. The van der Waals surface area contributed by atoms with Crippen LogP contribution in [-0.4, -0.2) is 11.8 Å². The van der Waals surface area contributed by atoms with Gasteiger partial charge in [0.25, 0.3) is 0 Å². The molecule has 0 aliphatic rings. The summed E-state index contributed by atoms with van der Waals surface area (Å²) in [7, 11) is 0. The fourth-order valence-corrected chi connectivity index (χ4v) is 1.99. The number of amides is 1. The van der Waals surface area contributed by atoms with Crippen molar-refractivity contribution in [2.45, 2.75) is 20.3 Å². The Bertz CT molecular complexity index is 636. The van der Waals surface area contributed by atoms with Crippen molar-refractivity contribution in [2.75, 3.05) is 5.32 Å². The first kappa shape index (κ1) is 13.9. The van der Waals surface area contributed by atoms with Gasteiger partial charge in [-0.3, -0.25) is 4.79 Å². The van der Waals surface area contributed by atoms with Crippen LogP contribution in [0.2, 0.25) is 0 Å². The zero-order valence-corrected chi connectivity index (χ0v) is 11.6. The lowest BCUT2D eigenvalue weighted by Gasteiger charge is -2.07. The number of nitrogens with zero attached hydrogens (tertiary/aromatic N) is 1. The van der Waals surface area contributed by atoms with Crippen LogP contribution in [0.5, 0.6) is 0 Å². The molecule has 1 N–H and O–H groups in total. The SMILES string of the molecule is CC(=O)Nc1ccc(CC(=O)[n+]2ccccc2)c(C)c1. The quantitative estimate of drug-likeness (QED) is 0.868. The van der Waals surface area contributed by atoms with Gasteiger partial charge in [-0.1, -0.05) is 12.1 Å². The average molecular weight is 269 g/mol. The maximum Gasteiger partial charge on any atom is 0.396 e. The van der Waals surface area contributed by atoms with Gasteiger partial charge in [-0.15, -0.1) is 4.57 Å². The number of anilines is 1. The molecule has 1 heterocycles. The molecule has 0 aliphatic carbocycles. The summed E-state index contributed by atoms with van der Waals surface area (Å²) in [5.74, 6) is -0.0888. The topological polar surface area (TPSA) is 50.1 Å². The van der Waals surface area contributed by atoms with Gasteiger partial charge in [0, 0.05) is 24.7 Å². The van der Waals surface area contributed by atoms with E-state index < -0.39 is 0 Å². The number of hydrogen-bond acceptors (Lipinski definition) is 2. The minimum Gasteiger partial charge on any atom is -0.326 e. The van der Waals surface area contributed by atoms with Crippen molar-refractivity contribution in [3.63, 3.8) is 0 Å². The fourth-order valence-electron chi connectivity index (χ4n) is 1.99. The molecule has 0 saturated carbocycles. The lowest BCUT2D eigenvalue weighted by molar-refractivity contribution is -0.574. The maximum atomic E-state index is 12.1. The van der Waals surface area contributed by atoms with Crippen LogP contribution in [0.25, 0.3) is 0 Å². The Morgan fingerprint density at radius 2 is 1.85 bits per heavy atom. The van der Waals surface area contributed by atoms with Gasteiger partial charge < -0.3 is 5.32 Å². The van der Waals surface area contributed by atoms with Crippen molar-refractivity contribution in [1.82, 2.24) is 0 Å². The van der Waals surface area contributed by atoms with Crippen LogP contribution >= 0.6 is 0 Å². The van der Waals surface area contributed by atoms with E-state index in [4.69, 9.17) is 0 Å². The zero-order chi connectivity index (χ0) is 14.5. The van der Waals surface area contributed by atoms with Crippen LogP contribution in [0.4, 0.5) is 5.69 Å². The van der Waals surface area contributed by atoms with Crippen LogP contribution in [0.3, 0.4) is 0 Å². The van der Waals surface area contributed by atoms with Gasteiger partial charge >= 0.3 is 5.91 Å². The van der Waals surface area contributed by atoms with E-state index in [2.05, 4.69) is 5.32 Å². The van der Waals surface area contributed by atoms with Gasteiger partial charge in [-0.25, -0.2) is 4.79 Å². The average Bonchev–Trinajstić information content (AvgIpc) is 2.42. The molecule has 0 saturated heterocycles. The van der Waals surface area contributed by atoms with Gasteiger partial charge in [0.15, 0.2) is 12.4 Å². The number of aryl methyl sites for hydroxylation is 1. The van der Waals surface area contributed by atoms with Crippen molar-refractivity contribution in [3.8, 4) is 0 Å². The number of nitrogens with one attached hydrogen (secondary N) is 1. The Labute approximate surface area is 118 Å². The molecule has 2 aromatic rings. The molecule has 2 rings (SSSR count). The Hall–Kier alpha value is -2.49. The number of rotatable bonds is 3. The van der Waals surface area contributed by atoms with E-state index in [1.165, 1.54) is 6.92 Å². The number of benzene rings is 1. The van der Waals surface area contributed by atoms with E-state index in [0.717, 1.165) is 16.8 Å². The summed E-state index contributed by atoms with van der Waals surface area (Å²) >= 11 is 0. The second kappa shape index (κ2) is 6.10. The summed E-state index contributed by atoms with van der Waals surface area (Å²) in [6, 6.07) is 11.1. The maximum absolute atomic E-state index is 12.1. The standard InChI is InChI=1S/C16H16N2O2/c1-12-10-15(17-13(2)19)7-6-14(12)11-16(20)18-8-4-3-5-9-18/h3-10H,11H2,1-2H3/p+1. The Kier molecular flexibility index (Phi) is 4.25. The van der Waals surface area contributed by atoms with E-state index in [9.17, 15) is 9.59 Å². The largest absolute Gasteiger partial charge is 0.396 e. The molecule has 1 aromatic heterocycles. The molecule has 1 amide bonds. The summed E-state index contributed by atoms with van der Waals surface area (Å²) in [4.78, 5) is 23.1. The molecule has 4 heteroatoms. The molecule has 0 radical (unpaired) electrons. The lowest BCUT2D eigenvalue weighted by Crippen LogP contribution is -2.42. The third-order valence-electron chi connectivity index (χ3n) is 3.01. The molecular formula is C16H17N2O2+. The molecule has 0 unspecified atom stereocenters. The van der Waals surface area contributed by atoms with Crippen LogP contribution in [0.1, 0.15) is 22.8 Å². The molecule has 0 spiro atoms. The smallest absolute Gasteiger partial charge is 0.326 e. The van der Waals surface area contributed by atoms with Crippen LogP contribution < -0.4 is 9.88 Å².